The lowest BCUT2D eigenvalue weighted by molar-refractivity contribution is -0.136. The van der Waals surface area contributed by atoms with E-state index in [1.54, 1.807) is 12.1 Å². The predicted molar refractivity (Wildman–Crippen MR) is 135 cm³/mol. The summed E-state index contributed by atoms with van der Waals surface area (Å²) < 4.78 is 55.7. The number of rotatable bonds is 12. The van der Waals surface area contributed by atoms with Gasteiger partial charge in [0.05, 0.1) is 13.3 Å². The number of carbonyl (C=O) groups is 1. The van der Waals surface area contributed by atoms with Gasteiger partial charge < -0.3 is 14.6 Å². The van der Waals surface area contributed by atoms with Crippen LogP contribution in [0.5, 0.6) is 11.6 Å². The van der Waals surface area contributed by atoms with E-state index in [0.717, 1.165) is 24.6 Å². The first-order valence-electron chi connectivity index (χ1n) is 12.2. The fourth-order valence-corrected chi connectivity index (χ4v) is 4.45. The lowest BCUT2D eigenvalue weighted by Crippen LogP contribution is -2.16. The molecule has 0 saturated carbocycles. The lowest BCUT2D eigenvalue weighted by atomic mass is 9.79. The molecule has 0 saturated heterocycles. The number of ether oxygens (including phenoxy) is 2. The maximum absolute atomic E-state index is 15.3. The summed E-state index contributed by atoms with van der Waals surface area (Å²) in [5.41, 5.74) is 1.56. The number of methoxy groups -OCH3 is 1. The van der Waals surface area contributed by atoms with E-state index in [-0.39, 0.29) is 53.2 Å². The van der Waals surface area contributed by atoms with Crippen LogP contribution in [0.15, 0.2) is 42.6 Å². The molecule has 0 atom stereocenters. The number of nitrogens with zero attached hydrogens (tertiary/aromatic N) is 1. The van der Waals surface area contributed by atoms with Crippen molar-refractivity contribution >= 4 is 5.97 Å². The van der Waals surface area contributed by atoms with E-state index in [9.17, 15) is 13.6 Å². The van der Waals surface area contributed by atoms with Gasteiger partial charge in [-0.15, -0.1) is 0 Å². The number of aliphatic carboxylic acids is 1. The van der Waals surface area contributed by atoms with E-state index >= 15 is 4.39 Å². The third-order valence-electron chi connectivity index (χ3n) is 6.23. The molecule has 1 aromatic heterocycles. The van der Waals surface area contributed by atoms with Gasteiger partial charge in [0.2, 0.25) is 5.88 Å². The molecule has 198 valence electrons. The summed E-state index contributed by atoms with van der Waals surface area (Å²) in [5.74, 6) is -2.81. The quantitative estimate of drug-likeness (QED) is 0.278. The minimum absolute atomic E-state index is 0.0129. The van der Waals surface area contributed by atoms with Gasteiger partial charge in [-0.05, 0) is 59.6 Å². The van der Waals surface area contributed by atoms with Crippen molar-refractivity contribution in [2.75, 3.05) is 7.11 Å². The Kier molecular flexibility index (Phi) is 9.18. The topological polar surface area (TPSA) is 68.7 Å². The van der Waals surface area contributed by atoms with Crippen molar-refractivity contribution in [1.82, 2.24) is 4.98 Å². The van der Waals surface area contributed by atoms with Crippen LogP contribution in [0.25, 0.3) is 11.1 Å². The van der Waals surface area contributed by atoms with E-state index in [4.69, 9.17) is 14.6 Å². The lowest BCUT2D eigenvalue weighted by Gasteiger charge is -2.26. The molecule has 0 aliphatic rings. The summed E-state index contributed by atoms with van der Waals surface area (Å²) in [4.78, 5) is 14.7. The molecule has 1 N–H and O–H groups in total. The Labute approximate surface area is 215 Å². The fraction of sp³-hybridized carbons (Fsp3) is 0.379. The Morgan fingerprint density at radius 2 is 1.78 bits per heavy atom. The molecule has 0 radical (unpaired) electrons. The standard InChI is InChI=1S/C29H32F3NO4/c1-5-11-29(2,3)15-19-12-20(17-37-25-8-6-7-18(28(25)32)9-10-27(34)35)23(30)13-21(19)22-14-26(36-4)33-16-24(22)31/h6-8,12-14,16H,5,9-11,15,17H2,1-4H3,(H,34,35). The maximum Gasteiger partial charge on any atom is 0.303 e. The molecular weight excluding hydrogens is 483 g/mol. The summed E-state index contributed by atoms with van der Waals surface area (Å²) in [7, 11) is 1.42. The van der Waals surface area contributed by atoms with E-state index in [1.807, 2.05) is 0 Å². The molecule has 1 heterocycles. The van der Waals surface area contributed by atoms with Gasteiger partial charge in [-0.1, -0.05) is 39.3 Å². The van der Waals surface area contributed by atoms with Crippen molar-refractivity contribution in [1.29, 1.82) is 0 Å². The van der Waals surface area contributed by atoms with Gasteiger partial charge in [-0.25, -0.2) is 18.2 Å². The summed E-state index contributed by atoms with van der Waals surface area (Å²) in [5, 5.41) is 8.88. The molecule has 2 aromatic carbocycles. The number of benzene rings is 2. The predicted octanol–water partition coefficient (Wildman–Crippen LogP) is 7.14. The van der Waals surface area contributed by atoms with E-state index in [0.29, 0.717) is 12.0 Å². The monoisotopic (exact) mass is 515 g/mol. The number of hydrogen-bond acceptors (Lipinski definition) is 4. The van der Waals surface area contributed by atoms with Crippen LogP contribution in [0.4, 0.5) is 13.2 Å². The van der Waals surface area contributed by atoms with Crippen LogP contribution in [0.2, 0.25) is 0 Å². The zero-order valence-electron chi connectivity index (χ0n) is 21.5. The van der Waals surface area contributed by atoms with Gasteiger partial charge in [-0.3, -0.25) is 4.79 Å². The number of halogens is 3. The van der Waals surface area contributed by atoms with Crippen LogP contribution in [-0.2, 0) is 24.2 Å². The molecule has 0 fully saturated rings. The molecule has 8 heteroatoms. The van der Waals surface area contributed by atoms with Gasteiger partial charge in [0, 0.05) is 23.6 Å². The normalized spacial score (nSPS) is 11.4. The van der Waals surface area contributed by atoms with Crippen LogP contribution < -0.4 is 9.47 Å². The minimum Gasteiger partial charge on any atom is -0.486 e. The van der Waals surface area contributed by atoms with Crippen molar-refractivity contribution in [3.63, 3.8) is 0 Å². The smallest absolute Gasteiger partial charge is 0.303 e. The third kappa shape index (κ3) is 7.24. The van der Waals surface area contributed by atoms with Gasteiger partial charge in [0.1, 0.15) is 18.2 Å². The van der Waals surface area contributed by atoms with E-state index < -0.39 is 23.4 Å². The number of carboxylic acids is 1. The number of aromatic nitrogens is 1. The second-order valence-electron chi connectivity index (χ2n) is 9.81. The molecule has 0 unspecified atom stereocenters. The van der Waals surface area contributed by atoms with Crippen LogP contribution in [-0.4, -0.2) is 23.2 Å². The van der Waals surface area contributed by atoms with Crippen molar-refractivity contribution in [3.8, 4) is 22.8 Å². The van der Waals surface area contributed by atoms with Crippen LogP contribution in [0, 0.1) is 22.9 Å². The molecule has 37 heavy (non-hydrogen) atoms. The van der Waals surface area contributed by atoms with Crippen molar-refractivity contribution in [3.05, 3.63) is 76.7 Å². The highest BCUT2D eigenvalue weighted by Crippen LogP contribution is 2.36. The maximum atomic E-state index is 15.3. The molecule has 0 spiro atoms. The zero-order chi connectivity index (χ0) is 27.2. The second kappa shape index (κ2) is 12.1. The molecule has 0 aliphatic carbocycles. The Morgan fingerprint density at radius 3 is 2.46 bits per heavy atom. The Morgan fingerprint density at radius 1 is 1.03 bits per heavy atom. The number of pyridine rings is 1. The van der Waals surface area contributed by atoms with Gasteiger partial charge in [0.25, 0.3) is 0 Å². The van der Waals surface area contributed by atoms with Crippen LogP contribution in [0.3, 0.4) is 0 Å². The molecule has 0 aliphatic heterocycles. The number of carboxylic acid groups (broad SMARTS) is 1. The van der Waals surface area contributed by atoms with Crippen LogP contribution in [0.1, 0.15) is 56.7 Å². The van der Waals surface area contributed by atoms with Crippen molar-refractivity contribution < 1.29 is 32.5 Å². The zero-order valence-corrected chi connectivity index (χ0v) is 21.5. The molecule has 0 bridgehead atoms. The number of hydrogen-bond donors (Lipinski definition) is 1. The van der Waals surface area contributed by atoms with E-state index in [1.165, 1.54) is 31.4 Å². The van der Waals surface area contributed by atoms with E-state index in [2.05, 4.69) is 25.8 Å². The summed E-state index contributed by atoms with van der Waals surface area (Å²) in [6, 6.07) is 8.82. The first-order valence-corrected chi connectivity index (χ1v) is 12.2. The average Bonchev–Trinajstić information content (AvgIpc) is 2.84. The average molecular weight is 516 g/mol. The molecule has 3 rings (SSSR count). The third-order valence-corrected chi connectivity index (χ3v) is 6.23. The van der Waals surface area contributed by atoms with Crippen molar-refractivity contribution in [2.24, 2.45) is 5.41 Å². The van der Waals surface area contributed by atoms with Crippen LogP contribution >= 0.6 is 0 Å². The van der Waals surface area contributed by atoms with Crippen molar-refractivity contribution in [2.45, 2.75) is 59.5 Å². The largest absolute Gasteiger partial charge is 0.486 e. The van der Waals surface area contributed by atoms with Gasteiger partial charge in [-0.2, -0.15) is 0 Å². The molecule has 0 amide bonds. The fourth-order valence-electron chi connectivity index (χ4n) is 4.45. The highest BCUT2D eigenvalue weighted by molar-refractivity contribution is 5.69. The second-order valence-corrected chi connectivity index (χ2v) is 9.81. The van der Waals surface area contributed by atoms with Gasteiger partial charge in [0.15, 0.2) is 11.6 Å². The first kappa shape index (κ1) is 28.0. The van der Waals surface area contributed by atoms with Gasteiger partial charge >= 0.3 is 5.97 Å². The Balaban J connectivity index is 1.98. The highest BCUT2D eigenvalue weighted by atomic mass is 19.1. The molecule has 3 aromatic rings. The summed E-state index contributed by atoms with van der Waals surface area (Å²) in [6.07, 6.45) is 3.25. The number of aryl methyl sites for hydroxylation is 1. The molecular formula is C29H32F3NO4. The molecule has 5 nitrogen and oxygen atoms in total. The first-order chi connectivity index (χ1) is 17.5. The Hall–Kier alpha value is -3.55. The summed E-state index contributed by atoms with van der Waals surface area (Å²) in [6.45, 7) is 6.02. The Bertz CT molecular complexity index is 1260. The SMILES string of the molecule is CCCC(C)(C)Cc1cc(COc2cccc(CCC(=O)O)c2F)c(F)cc1-c1cc(OC)ncc1F. The summed E-state index contributed by atoms with van der Waals surface area (Å²) >= 11 is 0. The highest BCUT2D eigenvalue weighted by Gasteiger charge is 2.23. The minimum atomic E-state index is -1.03.